The van der Waals surface area contributed by atoms with Gasteiger partial charge < -0.3 is 4.48 Å². The predicted molar refractivity (Wildman–Crippen MR) is 42.8 cm³/mol. The first-order valence-corrected chi connectivity index (χ1v) is 4.54. The standard InChI is InChI=1S/C9H18N/c1-10(2)8-4-3-5-9(10)7-6-8/h8-9H,3-7H2,1-2H3/q+1/t8-,9?/m0/s1. The summed E-state index contributed by atoms with van der Waals surface area (Å²) in [5.74, 6) is 0. The lowest BCUT2D eigenvalue weighted by Crippen LogP contribution is -2.52. The maximum Gasteiger partial charge on any atom is 0.0890 e. The number of quaternary nitrogens is 1. The third-order valence-electron chi connectivity index (χ3n) is 3.79. The Morgan fingerprint density at radius 2 is 1.40 bits per heavy atom. The average molecular weight is 140 g/mol. The van der Waals surface area contributed by atoms with Gasteiger partial charge >= 0.3 is 0 Å². The molecule has 0 radical (unpaired) electrons. The lowest BCUT2D eigenvalue weighted by molar-refractivity contribution is -0.930. The topological polar surface area (TPSA) is 0 Å². The van der Waals surface area contributed by atoms with Crippen molar-refractivity contribution in [2.75, 3.05) is 14.1 Å². The van der Waals surface area contributed by atoms with Crippen LogP contribution in [-0.4, -0.2) is 30.7 Å². The Hall–Kier alpha value is -0.0400. The molecule has 2 heterocycles. The summed E-state index contributed by atoms with van der Waals surface area (Å²) < 4.78 is 1.33. The van der Waals surface area contributed by atoms with Gasteiger partial charge in [0, 0.05) is 12.8 Å². The van der Waals surface area contributed by atoms with Crippen molar-refractivity contribution in [3.05, 3.63) is 0 Å². The normalized spacial score (nSPS) is 43.8. The Bertz CT molecular complexity index is 122. The second-order valence-corrected chi connectivity index (χ2v) is 4.44. The van der Waals surface area contributed by atoms with Gasteiger partial charge in [-0.2, -0.15) is 0 Å². The van der Waals surface area contributed by atoms with E-state index in [9.17, 15) is 0 Å². The Labute approximate surface area is 63.6 Å². The molecule has 2 rings (SSSR count). The first-order valence-electron chi connectivity index (χ1n) is 4.54. The molecule has 0 amide bonds. The summed E-state index contributed by atoms with van der Waals surface area (Å²) in [6.07, 6.45) is 7.47. The van der Waals surface area contributed by atoms with Crippen LogP contribution in [0.1, 0.15) is 32.1 Å². The van der Waals surface area contributed by atoms with Gasteiger partial charge in [0.2, 0.25) is 0 Å². The molecular formula is C9H18N+. The molecule has 1 heteroatoms. The summed E-state index contributed by atoms with van der Waals surface area (Å²) in [5, 5.41) is 0. The van der Waals surface area contributed by atoms with Crippen molar-refractivity contribution in [2.45, 2.75) is 44.2 Å². The molecule has 0 aromatic heterocycles. The lowest BCUT2D eigenvalue weighted by Gasteiger charge is -2.41. The predicted octanol–water partition coefficient (Wildman–Crippen LogP) is 1.78. The number of nitrogens with zero attached hydrogens (tertiary/aromatic N) is 1. The number of rotatable bonds is 0. The number of hydrogen-bond acceptors (Lipinski definition) is 0. The van der Waals surface area contributed by atoms with Crippen LogP contribution in [0.2, 0.25) is 0 Å². The minimum Gasteiger partial charge on any atom is -0.324 e. The van der Waals surface area contributed by atoms with Gasteiger partial charge in [-0.3, -0.25) is 0 Å². The highest BCUT2D eigenvalue weighted by molar-refractivity contribution is 4.79. The van der Waals surface area contributed by atoms with E-state index in [1.807, 2.05) is 0 Å². The Kier molecular flexibility index (Phi) is 1.31. The van der Waals surface area contributed by atoms with E-state index in [1.165, 1.54) is 36.6 Å². The van der Waals surface area contributed by atoms with Crippen LogP contribution in [0.3, 0.4) is 0 Å². The van der Waals surface area contributed by atoms with Crippen molar-refractivity contribution in [3.63, 3.8) is 0 Å². The summed E-state index contributed by atoms with van der Waals surface area (Å²) in [4.78, 5) is 0. The van der Waals surface area contributed by atoms with Crippen LogP contribution >= 0.6 is 0 Å². The monoisotopic (exact) mass is 140 g/mol. The van der Waals surface area contributed by atoms with E-state index in [1.54, 1.807) is 0 Å². The molecule has 2 atom stereocenters. The van der Waals surface area contributed by atoms with Crippen molar-refractivity contribution < 1.29 is 4.48 Å². The van der Waals surface area contributed by atoms with Crippen molar-refractivity contribution in [1.29, 1.82) is 0 Å². The van der Waals surface area contributed by atoms with Gasteiger partial charge in [-0.05, 0) is 19.3 Å². The lowest BCUT2D eigenvalue weighted by atomic mass is 10.0. The summed E-state index contributed by atoms with van der Waals surface area (Å²) in [5.41, 5.74) is 0. The van der Waals surface area contributed by atoms with Crippen LogP contribution in [0.5, 0.6) is 0 Å². The molecule has 0 aromatic carbocycles. The Balaban J connectivity index is 2.21. The maximum atomic E-state index is 2.42. The third kappa shape index (κ3) is 0.731. The van der Waals surface area contributed by atoms with Gasteiger partial charge in [0.25, 0.3) is 0 Å². The largest absolute Gasteiger partial charge is 0.324 e. The fraction of sp³-hybridized carbons (Fsp3) is 1.00. The van der Waals surface area contributed by atoms with Gasteiger partial charge in [0.15, 0.2) is 0 Å². The second kappa shape index (κ2) is 1.97. The minimum atomic E-state index is 1.01. The number of fused-ring (bicyclic) bond motifs is 2. The molecular weight excluding hydrogens is 122 g/mol. The van der Waals surface area contributed by atoms with E-state index in [0.29, 0.717) is 0 Å². The smallest absolute Gasteiger partial charge is 0.0890 e. The van der Waals surface area contributed by atoms with E-state index in [4.69, 9.17) is 0 Å². The van der Waals surface area contributed by atoms with Gasteiger partial charge in [-0.15, -0.1) is 0 Å². The van der Waals surface area contributed by atoms with Crippen LogP contribution in [0, 0.1) is 0 Å². The summed E-state index contributed by atoms with van der Waals surface area (Å²) in [6.45, 7) is 0. The summed E-state index contributed by atoms with van der Waals surface area (Å²) in [7, 11) is 4.84. The van der Waals surface area contributed by atoms with Crippen LogP contribution in [0.4, 0.5) is 0 Å². The zero-order valence-electron chi connectivity index (χ0n) is 7.14. The van der Waals surface area contributed by atoms with Gasteiger partial charge in [0.05, 0.1) is 26.2 Å². The minimum absolute atomic E-state index is 1.01. The molecule has 2 bridgehead atoms. The van der Waals surface area contributed by atoms with E-state index in [-0.39, 0.29) is 0 Å². The molecule has 2 aliphatic heterocycles. The first-order chi connectivity index (χ1) is 4.71. The molecule has 2 fully saturated rings. The quantitative estimate of drug-likeness (QED) is 0.450. The third-order valence-corrected chi connectivity index (χ3v) is 3.79. The van der Waals surface area contributed by atoms with Crippen molar-refractivity contribution in [3.8, 4) is 0 Å². The molecule has 0 N–H and O–H groups in total. The molecule has 0 aromatic rings. The Morgan fingerprint density at radius 1 is 0.900 bits per heavy atom. The van der Waals surface area contributed by atoms with Gasteiger partial charge in [-0.1, -0.05) is 0 Å². The molecule has 2 aliphatic rings. The summed E-state index contributed by atoms with van der Waals surface area (Å²) in [6, 6.07) is 2.03. The highest BCUT2D eigenvalue weighted by Crippen LogP contribution is 2.39. The molecule has 10 heavy (non-hydrogen) atoms. The fourth-order valence-electron chi connectivity index (χ4n) is 2.89. The van der Waals surface area contributed by atoms with Crippen LogP contribution in [0.15, 0.2) is 0 Å². The fourth-order valence-corrected chi connectivity index (χ4v) is 2.89. The maximum absolute atomic E-state index is 2.42. The average Bonchev–Trinajstić information content (AvgIpc) is 2.17. The first kappa shape index (κ1) is 6.66. The van der Waals surface area contributed by atoms with Gasteiger partial charge in [0.1, 0.15) is 0 Å². The van der Waals surface area contributed by atoms with E-state index >= 15 is 0 Å². The van der Waals surface area contributed by atoms with Crippen LogP contribution in [0.25, 0.3) is 0 Å². The molecule has 1 nitrogen and oxygen atoms in total. The highest BCUT2D eigenvalue weighted by atomic mass is 15.4. The van der Waals surface area contributed by atoms with Crippen LogP contribution < -0.4 is 0 Å². The van der Waals surface area contributed by atoms with Crippen LogP contribution in [-0.2, 0) is 0 Å². The molecule has 0 aliphatic carbocycles. The number of hydrogen-bond donors (Lipinski definition) is 0. The van der Waals surface area contributed by atoms with E-state index in [0.717, 1.165) is 12.1 Å². The second-order valence-electron chi connectivity index (χ2n) is 4.44. The van der Waals surface area contributed by atoms with Gasteiger partial charge in [-0.25, -0.2) is 0 Å². The molecule has 0 spiro atoms. The molecule has 1 unspecified atom stereocenters. The molecule has 0 saturated carbocycles. The Morgan fingerprint density at radius 3 is 1.80 bits per heavy atom. The highest BCUT2D eigenvalue weighted by Gasteiger charge is 2.45. The zero-order valence-corrected chi connectivity index (χ0v) is 7.14. The van der Waals surface area contributed by atoms with E-state index in [2.05, 4.69) is 14.1 Å². The van der Waals surface area contributed by atoms with Crippen molar-refractivity contribution >= 4 is 0 Å². The number of piperidine rings is 1. The van der Waals surface area contributed by atoms with Crippen molar-refractivity contribution in [1.82, 2.24) is 0 Å². The van der Waals surface area contributed by atoms with E-state index < -0.39 is 0 Å². The zero-order chi connectivity index (χ0) is 7.19. The SMILES string of the molecule is C[N+]1(C)C2CCC[C@H]1CC2. The van der Waals surface area contributed by atoms with Crippen molar-refractivity contribution in [2.24, 2.45) is 0 Å². The molecule has 2 saturated heterocycles. The molecule has 58 valence electrons. The summed E-state index contributed by atoms with van der Waals surface area (Å²) >= 11 is 0.